The van der Waals surface area contributed by atoms with Crippen LogP contribution in [-0.4, -0.2) is 50.9 Å². The SMILES string of the molecule is CCC(CC)([SiH2]NC(=O)C(CCCCNC(=O)C(C)CN)NC(C)=O)SI. The number of carbonyl (C=O) groups is 3. The zero-order chi connectivity index (χ0) is 20.9. The molecule has 0 aliphatic rings. The van der Waals surface area contributed by atoms with E-state index in [1.165, 1.54) is 6.92 Å². The molecule has 0 aliphatic heterocycles. The molecule has 0 aliphatic carbocycles. The number of halogens is 1. The molecule has 0 rings (SSSR count). The Hall–Kier alpha value is -0.333. The van der Waals surface area contributed by atoms with Crippen LogP contribution in [0.15, 0.2) is 0 Å². The van der Waals surface area contributed by atoms with E-state index in [0.29, 0.717) is 19.5 Å². The minimum atomic E-state index is -0.826. The van der Waals surface area contributed by atoms with E-state index < -0.39 is 15.7 Å². The van der Waals surface area contributed by atoms with Crippen LogP contribution in [0.1, 0.15) is 59.8 Å². The normalized spacial score (nSPS) is 14.0. The third kappa shape index (κ3) is 10.7. The lowest BCUT2D eigenvalue weighted by Crippen LogP contribution is -2.51. The third-order valence-corrected chi connectivity index (χ3v) is 13.3. The molecule has 0 heterocycles. The quantitative estimate of drug-likeness (QED) is 0.153. The Morgan fingerprint density at radius 3 is 2.30 bits per heavy atom. The molecule has 0 saturated heterocycles. The minimum absolute atomic E-state index is 0.0496. The van der Waals surface area contributed by atoms with Crippen LogP contribution in [0.3, 0.4) is 0 Å². The zero-order valence-electron chi connectivity index (χ0n) is 16.9. The third-order valence-electron chi connectivity index (χ3n) is 4.75. The summed E-state index contributed by atoms with van der Waals surface area (Å²) >= 11 is 2.32. The van der Waals surface area contributed by atoms with Gasteiger partial charge in [0.1, 0.15) is 15.7 Å². The summed E-state index contributed by atoms with van der Waals surface area (Å²) in [5.74, 6) is -0.538. The smallest absolute Gasteiger partial charge is 0.234 e. The van der Waals surface area contributed by atoms with Crippen molar-refractivity contribution in [1.82, 2.24) is 15.6 Å². The molecule has 27 heavy (non-hydrogen) atoms. The molecule has 7 nitrogen and oxygen atoms in total. The van der Waals surface area contributed by atoms with Crippen molar-refractivity contribution in [2.45, 2.75) is 70.2 Å². The lowest BCUT2D eigenvalue weighted by molar-refractivity contribution is -0.127. The zero-order valence-corrected chi connectivity index (χ0v) is 21.3. The summed E-state index contributed by atoms with van der Waals surface area (Å²) in [4.78, 5) is 38.9. The number of nitrogens with two attached hydrogens (primary N) is 1. The van der Waals surface area contributed by atoms with Gasteiger partial charge in [0, 0.05) is 30.3 Å². The van der Waals surface area contributed by atoms with Gasteiger partial charge < -0.3 is 21.3 Å². The van der Waals surface area contributed by atoms with Gasteiger partial charge in [-0.25, -0.2) is 0 Å². The number of unbranched alkanes of at least 4 members (excludes halogenated alkanes) is 1. The van der Waals surface area contributed by atoms with E-state index >= 15 is 0 Å². The first kappa shape index (κ1) is 26.7. The molecule has 0 aromatic heterocycles. The van der Waals surface area contributed by atoms with Crippen molar-refractivity contribution in [1.29, 1.82) is 0 Å². The summed E-state index contributed by atoms with van der Waals surface area (Å²) in [7, 11) is 0.971. The summed E-state index contributed by atoms with van der Waals surface area (Å²) < 4.78 is 0.154. The molecule has 0 aromatic rings. The highest BCUT2D eigenvalue weighted by Gasteiger charge is 2.29. The molecule has 10 heteroatoms. The monoisotopic (exact) mass is 530 g/mol. The highest BCUT2D eigenvalue weighted by atomic mass is 127. The van der Waals surface area contributed by atoms with Crippen LogP contribution in [0.5, 0.6) is 0 Å². The molecule has 0 radical (unpaired) electrons. The summed E-state index contributed by atoms with van der Waals surface area (Å²) in [6, 6.07) is -0.515. The van der Waals surface area contributed by atoms with E-state index in [0.717, 1.165) is 25.7 Å². The van der Waals surface area contributed by atoms with Gasteiger partial charge in [0.05, 0.1) is 0 Å². The van der Waals surface area contributed by atoms with Crippen LogP contribution in [-0.2, 0) is 14.4 Å². The standard InChI is InChI=1S/C17H35IN4O3SSi/c1-5-17(6-2,26-18)27-22-16(25)14(21-13(4)23)9-7-8-10-20-15(24)12(3)11-19/h12,14H,5-11,19,27H2,1-4H3,(H,20,24)(H,21,23)(H,22,25). The Bertz CT molecular complexity index is 473. The molecule has 0 saturated carbocycles. The molecule has 5 N–H and O–H groups in total. The first-order chi connectivity index (χ1) is 12.7. The van der Waals surface area contributed by atoms with Gasteiger partial charge in [-0.1, -0.05) is 29.7 Å². The van der Waals surface area contributed by atoms with Crippen molar-refractivity contribution < 1.29 is 14.4 Å². The second-order valence-electron chi connectivity index (χ2n) is 6.86. The number of amides is 3. The van der Waals surface area contributed by atoms with Crippen LogP contribution >= 0.6 is 30.1 Å². The Balaban J connectivity index is 4.47. The predicted molar refractivity (Wildman–Crippen MR) is 124 cm³/mol. The van der Waals surface area contributed by atoms with E-state index in [-0.39, 0.29) is 28.0 Å². The van der Waals surface area contributed by atoms with Crippen LogP contribution in [0.2, 0.25) is 0 Å². The number of carbonyl (C=O) groups excluding carboxylic acids is 3. The number of rotatable bonds is 14. The highest BCUT2D eigenvalue weighted by molar-refractivity contribution is 14.2. The Kier molecular flexibility index (Phi) is 14.5. The number of hydrogen-bond acceptors (Lipinski definition) is 5. The van der Waals surface area contributed by atoms with Crippen LogP contribution in [0.25, 0.3) is 0 Å². The van der Waals surface area contributed by atoms with Crippen molar-refractivity contribution in [2.24, 2.45) is 11.7 Å². The molecule has 2 atom stereocenters. The van der Waals surface area contributed by atoms with Crippen LogP contribution in [0, 0.1) is 5.92 Å². The number of nitrogens with one attached hydrogen (secondary N) is 3. The fourth-order valence-corrected chi connectivity index (χ4v) is 7.65. The second-order valence-corrected chi connectivity index (χ2v) is 11.8. The largest absolute Gasteiger partial charge is 0.384 e. The van der Waals surface area contributed by atoms with Gasteiger partial charge in [-0.05, 0) is 53.3 Å². The molecular weight excluding hydrogens is 495 g/mol. The molecule has 0 bridgehead atoms. The topological polar surface area (TPSA) is 113 Å². The molecular formula is C17H35IN4O3SSi. The van der Waals surface area contributed by atoms with E-state index in [9.17, 15) is 14.4 Å². The Labute approximate surface area is 182 Å². The second kappa shape index (κ2) is 14.6. The van der Waals surface area contributed by atoms with Crippen molar-refractivity contribution in [3.05, 3.63) is 0 Å². The van der Waals surface area contributed by atoms with E-state index in [2.05, 4.69) is 50.7 Å². The lowest BCUT2D eigenvalue weighted by atomic mass is 10.1. The summed E-state index contributed by atoms with van der Waals surface area (Å²) in [5, 5.41) is 5.60. The molecule has 0 fully saturated rings. The molecule has 0 spiro atoms. The van der Waals surface area contributed by atoms with Gasteiger partial charge >= 0.3 is 0 Å². The average molecular weight is 531 g/mol. The summed E-state index contributed by atoms with van der Waals surface area (Å²) in [6.45, 7) is 8.39. The maximum Gasteiger partial charge on any atom is 0.234 e. The van der Waals surface area contributed by atoms with Crippen molar-refractivity contribution >= 4 is 57.5 Å². The minimum Gasteiger partial charge on any atom is -0.384 e. The fraction of sp³-hybridized carbons (Fsp3) is 0.824. The van der Waals surface area contributed by atoms with E-state index in [1.54, 1.807) is 15.9 Å². The van der Waals surface area contributed by atoms with Gasteiger partial charge in [-0.15, -0.1) is 0 Å². The maximum absolute atomic E-state index is 12.6. The van der Waals surface area contributed by atoms with Crippen molar-refractivity contribution in [3.63, 3.8) is 0 Å². The van der Waals surface area contributed by atoms with E-state index in [1.807, 2.05) is 0 Å². The fourth-order valence-electron chi connectivity index (χ4n) is 2.49. The first-order valence-electron chi connectivity index (χ1n) is 9.57. The average Bonchev–Trinajstić information content (AvgIpc) is 2.66. The van der Waals surface area contributed by atoms with E-state index in [4.69, 9.17) is 5.73 Å². The van der Waals surface area contributed by atoms with Gasteiger partial charge in [0.25, 0.3) is 0 Å². The van der Waals surface area contributed by atoms with Crippen molar-refractivity contribution in [3.8, 4) is 0 Å². The molecule has 3 amide bonds. The van der Waals surface area contributed by atoms with Crippen LogP contribution < -0.4 is 21.3 Å². The summed E-state index contributed by atoms with van der Waals surface area (Å²) in [6.07, 6.45) is 4.10. The van der Waals surface area contributed by atoms with Gasteiger partial charge in [0.15, 0.2) is 0 Å². The highest BCUT2D eigenvalue weighted by Crippen LogP contribution is 2.35. The summed E-state index contributed by atoms with van der Waals surface area (Å²) in [5.41, 5.74) is 5.47. The molecule has 2 unspecified atom stereocenters. The number of hydrogen-bond donors (Lipinski definition) is 4. The van der Waals surface area contributed by atoms with Crippen molar-refractivity contribution in [2.75, 3.05) is 13.1 Å². The van der Waals surface area contributed by atoms with Crippen LogP contribution in [0.4, 0.5) is 0 Å². The lowest BCUT2D eigenvalue weighted by Gasteiger charge is -2.29. The Morgan fingerprint density at radius 1 is 1.19 bits per heavy atom. The molecule has 0 aromatic carbocycles. The van der Waals surface area contributed by atoms with Gasteiger partial charge in [-0.3, -0.25) is 14.4 Å². The maximum atomic E-state index is 12.6. The first-order valence-corrected chi connectivity index (χ1v) is 14.3. The Morgan fingerprint density at radius 2 is 1.81 bits per heavy atom. The molecule has 158 valence electrons. The predicted octanol–water partition coefficient (Wildman–Crippen LogP) is 1.17. The van der Waals surface area contributed by atoms with Gasteiger partial charge in [-0.2, -0.15) is 0 Å². The van der Waals surface area contributed by atoms with Gasteiger partial charge in [0.2, 0.25) is 17.7 Å².